The van der Waals surface area contributed by atoms with Gasteiger partial charge in [0, 0.05) is 6.04 Å². The van der Waals surface area contributed by atoms with Gasteiger partial charge in [0.25, 0.3) is 0 Å². The van der Waals surface area contributed by atoms with Crippen LogP contribution in [0.15, 0.2) is 0 Å². The smallest absolute Gasteiger partial charge is 0.225 e. The van der Waals surface area contributed by atoms with Gasteiger partial charge in [0.15, 0.2) is 11.0 Å². The molecule has 1 aromatic rings. The van der Waals surface area contributed by atoms with E-state index in [0.717, 1.165) is 25.9 Å². The van der Waals surface area contributed by atoms with E-state index in [1.807, 2.05) is 0 Å². The third-order valence-electron chi connectivity index (χ3n) is 2.46. The second-order valence-corrected chi connectivity index (χ2v) is 4.69. The molecule has 0 amide bonds. The summed E-state index contributed by atoms with van der Waals surface area (Å²) in [6, 6.07) is 0.348. The molecule has 1 aliphatic rings. The minimum absolute atomic E-state index is 0. The molecular weight excluding hydrogens is 341 g/mol. The first-order chi connectivity index (χ1) is 7.66. The van der Waals surface area contributed by atoms with Crippen LogP contribution in [0.1, 0.15) is 12.8 Å². The van der Waals surface area contributed by atoms with E-state index in [0.29, 0.717) is 16.9 Å². The lowest BCUT2D eigenvalue weighted by molar-refractivity contribution is 0.478. The number of hydrogen-bond acceptors (Lipinski definition) is 4. The van der Waals surface area contributed by atoms with E-state index < -0.39 is 0 Å². The molecule has 18 heavy (non-hydrogen) atoms. The minimum Gasteiger partial charge on any atom is -0.366 e. The Balaban J connectivity index is 0.00000144. The topological polar surface area (TPSA) is 49.8 Å². The fourth-order valence-electron chi connectivity index (χ4n) is 1.65. The summed E-state index contributed by atoms with van der Waals surface area (Å²) < 4.78 is 0. The van der Waals surface area contributed by atoms with Gasteiger partial charge in [0.05, 0.1) is 0 Å². The first-order valence-electron chi connectivity index (χ1n) is 5.02. The normalized spacial score (nSPS) is 15.5. The molecule has 0 aliphatic carbocycles. The summed E-state index contributed by atoms with van der Waals surface area (Å²) in [7, 11) is 0. The number of nitrogens with one attached hydrogen (secondary N) is 2. The van der Waals surface area contributed by atoms with Gasteiger partial charge in [-0.05, 0) is 37.5 Å². The van der Waals surface area contributed by atoms with Gasteiger partial charge in [-0.1, -0.05) is 23.2 Å². The maximum atomic E-state index is 5.99. The molecule has 0 aromatic carbocycles. The zero-order chi connectivity index (χ0) is 11.5. The molecule has 9 heteroatoms. The average molecular weight is 354 g/mol. The fourth-order valence-corrected chi connectivity index (χ4v) is 2.17. The average Bonchev–Trinajstić information content (AvgIpc) is 2.27. The van der Waals surface area contributed by atoms with Crippen molar-refractivity contribution in [2.45, 2.75) is 18.9 Å². The van der Waals surface area contributed by atoms with E-state index in [4.69, 9.17) is 34.8 Å². The predicted molar refractivity (Wildman–Crippen MR) is 81.1 cm³/mol. The second kappa shape index (κ2) is 8.46. The van der Waals surface area contributed by atoms with Crippen LogP contribution < -0.4 is 10.6 Å². The highest BCUT2D eigenvalue weighted by atomic mass is 35.5. The molecule has 1 fully saturated rings. The van der Waals surface area contributed by atoms with E-state index >= 15 is 0 Å². The van der Waals surface area contributed by atoms with Gasteiger partial charge >= 0.3 is 0 Å². The van der Waals surface area contributed by atoms with Crippen molar-refractivity contribution in [3.05, 3.63) is 15.5 Å². The number of piperidine rings is 1. The molecule has 0 unspecified atom stereocenters. The third-order valence-corrected chi connectivity index (χ3v) is 3.36. The molecule has 0 atom stereocenters. The molecule has 0 spiro atoms. The second-order valence-electron chi connectivity index (χ2n) is 3.61. The summed E-state index contributed by atoms with van der Waals surface area (Å²) >= 11 is 17.5. The Morgan fingerprint density at radius 3 is 2.28 bits per heavy atom. The van der Waals surface area contributed by atoms with Crippen molar-refractivity contribution in [3.8, 4) is 0 Å². The van der Waals surface area contributed by atoms with Gasteiger partial charge in [-0.15, -0.1) is 24.8 Å². The number of nitrogens with zero attached hydrogens (tertiary/aromatic N) is 2. The number of aromatic nitrogens is 2. The summed E-state index contributed by atoms with van der Waals surface area (Å²) in [5, 5.41) is 7.12. The van der Waals surface area contributed by atoms with Crippen LogP contribution in [0.4, 0.5) is 5.82 Å². The van der Waals surface area contributed by atoms with Crippen molar-refractivity contribution < 1.29 is 0 Å². The van der Waals surface area contributed by atoms with Gasteiger partial charge in [-0.25, -0.2) is 4.98 Å². The van der Waals surface area contributed by atoms with E-state index in [9.17, 15) is 0 Å². The molecule has 2 N–H and O–H groups in total. The van der Waals surface area contributed by atoms with Gasteiger partial charge in [0.2, 0.25) is 5.28 Å². The van der Waals surface area contributed by atoms with Crippen molar-refractivity contribution in [1.29, 1.82) is 0 Å². The van der Waals surface area contributed by atoms with E-state index in [2.05, 4.69) is 20.6 Å². The first kappa shape index (κ1) is 18.3. The van der Waals surface area contributed by atoms with Crippen LogP contribution in [0.2, 0.25) is 15.5 Å². The maximum absolute atomic E-state index is 5.99. The molecule has 2 rings (SSSR count). The molecule has 1 aromatic heterocycles. The lowest BCUT2D eigenvalue weighted by atomic mass is 10.1. The lowest BCUT2D eigenvalue weighted by Crippen LogP contribution is -2.35. The summed E-state index contributed by atoms with van der Waals surface area (Å²) in [4.78, 5) is 7.80. The zero-order valence-electron chi connectivity index (χ0n) is 9.25. The number of anilines is 1. The minimum atomic E-state index is 0. The molecule has 0 radical (unpaired) electrons. The van der Waals surface area contributed by atoms with Crippen molar-refractivity contribution in [2.75, 3.05) is 18.4 Å². The monoisotopic (exact) mass is 352 g/mol. The van der Waals surface area contributed by atoms with Crippen LogP contribution in [0.5, 0.6) is 0 Å². The van der Waals surface area contributed by atoms with Gasteiger partial charge in [-0.3, -0.25) is 0 Å². The Labute approximate surface area is 133 Å². The lowest BCUT2D eigenvalue weighted by Gasteiger charge is -2.24. The predicted octanol–water partition coefficient (Wildman–Crippen LogP) is 3.44. The van der Waals surface area contributed by atoms with Crippen molar-refractivity contribution in [2.24, 2.45) is 0 Å². The van der Waals surface area contributed by atoms with Crippen molar-refractivity contribution >= 4 is 65.4 Å². The molecule has 104 valence electrons. The molecule has 1 saturated heterocycles. The van der Waals surface area contributed by atoms with Crippen molar-refractivity contribution in [3.63, 3.8) is 0 Å². The van der Waals surface area contributed by atoms with Gasteiger partial charge in [-0.2, -0.15) is 4.98 Å². The van der Waals surface area contributed by atoms with Crippen LogP contribution in [0, 0.1) is 0 Å². The van der Waals surface area contributed by atoms with Crippen LogP contribution in [-0.2, 0) is 0 Å². The Hall–Kier alpha value is 0.290. The highest BCUT2D eigenvalue weighted by Gasteiger charge is 2.17. The summed E-state index contributed by atoms with van der Waals surface area (Å²) in [6.45, 7) is 1.98. The summed E-state index contributed by atoms with van der Waals surface area (Å²) in [5.41, 5.74) is 0. The fraction of sp³-hybridized carbons (Fsp3) is 0.556. The summed E-state index contributed by atoms with van der Waals surface area (Å²) in [6.07, 6.45) is 2.05. The first-order valence-corrected chi connectivity index (χ1v) is 6.16. The Morgan fingerprint density at radius 2 is 1.67 bits per heavy atom. The number of rotatable bonds is 2. The van der Waals surface area contributed by atoms with E-state index in [-0.39, 0.29) is 35.3 Å². The molecule has 1 aliphatic heterocycles. The summed E-state index contributed by atoms with van der Waals surface area (Å²) in [5.74, 6) is 0.513. The Morgan fingerprint density at radius 1 is 1.06 bits per heavy atom. The van der Waals surface area contributed by atoms with Crippen molar-refractivity contribution in [1.82, 2.24) is 15.3 Å². The third kappa shape index (κ3) is 4.76. The van der Waals surface area contributed by atoms with Gasteiger partial charge < -0.3 is 10.6 Å². The van der Waals surface area contributed by atoms with E-state index in [1.54, 1.807) is 0 Å². The zero-order valence-corrected chi connectivity index (χ0v) is 13.2. The maximum Gasteiger partial charge on any atom is 0.225 e. The van der Waals surface area contributed by atoms with E-state index in [1.165, 1.54) is 0 Å². The van der Waals surface area contributed by atoms with Crippen LogP contribution in [0.3, 0.4) is 0 Å². The molecular formula is C9H13Cl5N4. The molecule has 0 bridgehead atoms. The molecule has 0 saturated carbocycles. The quantitative estimate of drug-likeness (QED) is 0.631. The number of halogens is 5. The molecule has 2 heterocycles. The Bertz CT molecular complexity index is 383. The largest absolute Gasteiger partial charge is 0.366 e. The SMILES string of the molecule is Cl.Cl.Clc1nc(Cl)c(Cl)c(NC2CCNCC2)n1. The Kier molecular flexibility index (Phi) is 8.59. The highest BCUT2D eigenvalue weighted by molar-refractivity contribution is 6.43. The molecule has 4 nitrogen and oxygen atoms in total. The van der Waals surface area contributed by atoms with Crippen LogP contribution in [-0.4, -0.2) is 29.1 Å². The van der Waals surface area contributed by atoms with Crippen LogP contribution >= 0.6 is 59.6 Å². The number of hydrogen-bond donors (Lipinski definition) is 2. The van der Waals surface area contributed by atoms with Gasteiger partial charge in [0.1, 0.15) is 5.02 Å². The highest BCUT2D eigenvalue weighted by Crippen LogP contribution is 2.29. The van der Waals surface area contributed by atoms with Crippen LogP contribution in [0.25, 0.3) is 0 Å². The standard InChI is InChI=1S/C9H11Cl3N4.2ClH/c10-6-7(11)15-9(12)16-8(6)14-5-1-3-13-4-2-5;;/h5,13H,1-4H2,(H,14,15,16);2*1H.